The number of hydrogen-bond acceptors (Lipinski definition) is 4. The number of carbonyl (C=O) groups is 1. The van der Waals surface area contributed by atoms with Crippen molar-refractivity contribution in [1.82, 2.24) is 10.1 Å². The highest BCUT2D eigenvalue weighted by molar-refractivity contribution is 5.92. The standard InChI is InChI=1S/C10H14N2O3/c1-7-6-9(11-15-7)10(14)12-4-2-8(13)3-5-12/h6,8,13H,2-5H2,1H3. The lowest BCUT2D eigenvalue weighted by molar-refractivity contribution is 0.0538. The zero-order valence-corrected chi connectivity index (χ0v) is 8.64. The van der Waals surface area contributed by atoms with Gasteiger partial charge in [-0.3, -0.25) is 4.79 Å². The molecule has 82 valence electrons. The van der Waals surface area contributed by atoms with E-state index < -0.39 is 0 Å². The fourth-order valence-electron chi connectivity index (χ4n) is 1.70. The molecule has 1 aliphatic rings. The summed E-state index contributed by atoms with van der Waals surface area (Å²) in [5.74, 6) is 0.522. The largest absolute Gasteiger partial charge is 0.393 e. The lowest BCUT2D eigenvalue weighted by atomic mass is 10.1. The van der Waals surface area contributed by atoms with Gasteiger partial charge in [0.1, 0.15) is 5.76 Å². The molecule has 0 atom stereocenters. The highest BCUT2D eigenvalue weighted by Gasteiger charge is 2.24. The molecule has 1 fully saturated rings. The molecule has 0 unspecified atom stereocenters. The summed E-state index contributed by atoms with van der Waals surface area (Å²) in [5, 5.41) is 13.0. The zero-order chi connectivity index (χ0) is 10.8. The van der Waals surface area contributed by atoms with Crippen molar-refractivity contribution < 1.29 is 14.4 Å². The fourth-order valence-corrected chi connectivity index (χ4v) is 1.70. The average molecular weight is 210 g/mol. The Morgan fingerprint density at radius 3 is 2.80 bits per heavy atom. The van der Waals surface area contributed by atoms with Gasteiger partial charge in [-0.15, -0.1) is 0 Å². The predicted octanol–water partition coefficient (Wildman–Crippen LogP) is 0.580. The van der Waals surface area contributed by atoms with E-state index in [2.05, 4.69) is 5.16 Å². The minimum absolute atomic E-state index is 0.112. The normalized spacial score (nSPS) is 18.1. The maximum Gasteiger partial charge on any atom is 0.276 e. The van der Waals surface area contributed by atoms with Gasteiger partial charge in [0.2, 0.25) is 0 Å². The molecule has 1 aromatic heterocycles. The molecule has 1 aromatic rings. The molecule has 15 heavy (non-hydrogen) atoms. The van der Waals surface area contributed by atoms with Crippen molar-refractivity contribution >= 4 is 5.91 Å². The van der Waals surface area contributed by atoms with E-state index in [1.54, 1.807) is 17.9 Å². The van der Waals surface area contributed by atoms with E-state index in [1.807, 2.05) is 0 Å². The van der Waals surface area contributed by atoms with Crippen LogP contribution < -0.4 is 0 Å². The first kappa shape index (κ1) is 10.2. The van der Waals surface area contributed by atoms with Crippen molar-refractivity contribution in [2.45, 2.75) is 25.9 Å². The molecule has 0 bridgehead atoms. The molecule has 0 spiro atoms. The summed E-state index contributed by atoms with van der Waals surface area (Å²) in [6.45, 7) is 2.93. The average Bonchev–Trinajstić information content (AvgIpc) is 2.65. The fraction of sp³-hybridized carbons (Fsp3) is 0.600. The molecule has 2 rings (SSSR count). The lowest BCUT2D eigenvalue weighted by Crippen LogP contribution is -2.40. The maximum absolute atomic E-state index is 11.8. The molecule has 1 aliphatic heterocycles. The van der Waals surface area contributed by atoms with E-state index in [0.717, 1.165) is 0 Å². The first-order chi connectivity index (χ1) is 7.16. The third kappa shape index (κ3) is 2.18. The summed E-state index contributed by atoms with van der Waals surface area (Å²) < 4.78 is 4.85. The summed E-state index contributed by atoms with van der Waals surface area (Å²) in [5.41, 5.74) is 0.351. The molecule has 0 aromatic carbocycles. The van der Waals surface area contributed by atoms with Crippen LogP contribution in [0.15, 0.2) is 10.6 Å². The molecule has 1 N–H and O–H groups in total. The third-order valence-corrected chi connectivity index (χ3v) is 2.60. The van der Waals surface area contributed by atoms with Crippen LogP contribution in [0.1, 0.15) is 29.1 Å². The Balaban J connectivity index is 2.02. The van der Waals surface area contributed by atoms with Gasteiger partial charge < -0.3 is 14.5 Å². The molecule has 1 amide bonds. The van der Waals surface area contributed by atoms with Gasteiger partial charge in [0, 0.05) is 19.2 Å². The van der Waals surface area contributed by atoms with Crippen LogP contribution in [0.2, 0.25) is 0 Å². The zero-order valence-electron chi connectivity index (χ0n) is 8.64. The summed E-state index contributed by atoms with van der Waals surface area (Å²) in [6, 6.07) is 1.63. The summed E-state index contributed by atoms with van der Waals surface area (Å²) >= 11 is 0. The van der Waals surface area contributed by atoms with Crippen molar-refractivity contribution in [3.05, 3.63) is 17.5 Å². The van der Waals surface area contributed by atoms with Crippen LogP contribution in [0.25, 0.3) is 0 Å². The number of nitrogens with zero attached hydrogens (tertiary/aromatic N) is 2. The number of hydrogen-bond donors (Lipinski definition) is 1. The van der Waals surface area contributed by atoms with Crippen LogP contribution in [0.4, 0.5) is 0 Å². The molecule has 5 nitrogen and oxygen atoms in total. The Labute approximate surface area is 87.7 Å². The van der Waals surface area contributed by atoms with Crippen molar-refractivity contribution in [3.8, 4) is 0 Å². The van der Waals surface area contributed by atoms with Crippen LogP contribution in [0.3, 0.4) is 0 Å². The van der Waals surface area contributed by atoms with E-state index >= 15 is 0 Å². The summed E-state index contributed by atoms with van der Waals surface area (Å²) in [4.78, 5) is 13.5. The number of likely N-dealkylation sites (tertiary alicyclic amines) is 1. The first-order valence-electron chi connectivity index (χ1n) is 5.07. The van der Waals surface area contributed by atoms with Crippen LogP contribution in [-0.2, 0) is 0 Å². The Morgan fingerprint density at radius 1 is 1.60 bits per heavy atom. The van der Waals surface area contributed by atoms with E-state index in [-0.39, 0.29) is 12.0 Å². The van der Waals surface area contributed by atoms with Crippen LogP contribution >= 0.6 is 0 Å². The van der Waals surface area contributed by atoms with Crippen LogP contribution in [0, 0.1) is 6.92 Å². The molecular formula is C10H14N2O3. The topological polar surface area (TPSA) is 66.6 Å². The quantitative estimate of drug-likeness (QED) is 0.736. The van der Waals surface area contributed by atoms with E-state index in [9.17, 15) is 9.90 Å². The molecule has 2 heterocycles. The lowest BCUT2D eigenvalue weighted by Gasteiger charge is -2.28. The second kappa shape index (κ2) is 4.02. The highest BCUT2D eigenvalue weighted by atomic mass is 16.5. The molecular weight excluding hydrogens is 196 g/mol. The van der Waals surface area contributed by atoms with Crippen molar-refractivity contribution in [1.29, 1.82) is 0 Å². The van der Waals surface area contributed by atoms with Gasteiger partial charge in [0.15, 0.2) is 5.69 Å². The third-order valence-electron chi connectivity index (χ3n) is 2.60. The van der Waals surface area contributed by atoms with Gasteiger partial charge in [-0.05, 0) is 19.8 Å². The monoisotopic (exact) mass is 210 g/mol. The molecule has 0 radical (unpaired) electrons. The summed E-state index contributed by atoms with van der Waals surface area (Å²) in [7, 11) is 0. The number of aliphatic hydroxyl groups is 1. The number of rotatable bonds is 1. The highest BCUT2D eigenvalue weighted by Crippen LogP contribution is 2.13. The van der Waals surface area contributed by atoms with Crippen LogP contribution in [-0.4, -0.2) is 40.3 Å². The molecule has 0 aliphatic carbocycles. The number of carbonyl (C=O) groups excluding carboxylic acids is 1. The molecule has 0 saturated carbocycles. The van der Waals surface area contributed by atoms with Crippen molar-refractivity contribution in [2.24, 2.45) is 0 Å². The van der Waals surface area contributed by atoms with E-state index in [4.69, 9.17) is 4.52 Å². The Kier molecular flexibility index (Phi) is 2.73. The van der Waals surface area contributed by atoms with Gasteiger partial charge in [0.05, 0.1) is 6.10 Å². The first-order valence-corrected chi connectivity index (χ1v) is 5.07. The van der Waals surface area contributed by atoms with Crippen molar-refractivity contribution in [3.63, 3.8) is 0 Å². The minimum atomic E-state index is -0.270. The maximum atomic E-state index is 11.8. The Morgan fingerprint density at radius 2 is 2.27 bits per heavy atom. The Hall–Kier alpha value is -1.36. The van der Waals surface area contributed by atoms with Crippen molar-refractivity contribution in [2.75, 3.05) is 13.1 Å². The number of amides is 1. The Bertz CT molecular complexity index is 353. The number of aromatic nitrogens is 1. The van der Waals surface area contributed by atoms with Gasteiger partial charge in [0.25, 0.3) is 5.91 Å². The second-order valence-corrected chi connectivity index (χ2v) is 3.85. The number of aryl methyl sites for hydroxylation is 1. The minimum Gasteiger partial charge on any atom is -0.393 e. The van der Waals surface area contributed by atoms with Gasteiger partial charge >= 0.3 is 0 Å². The van der Waals surface area contributed by atoms with E-state index in [1.165, 1.54) is 0 Å². The van der Waals surface area contributed by atoms with E-state index in [0.29, 0.717) is 37.4 Å². The van der Waals surface area contributed by atoms with Gasteiger partial charge in [-0.25, -0.2) is 0 Å². The predicted molar refractivity (Wildman–Crippen MR) is 52.4 cm³/mol. The van der Waals surface area contributed by atoms with Gasteiger partial charge in [-0.2, -0.15) is 0 Å². The second-order valence-electron chi connectivity index (χ2n) is 3.85. The molecule has 1 saturated heterocycles. The SMILES string of the molecule is Cc1cc(C(=O)N2CCC(O)CC2)no1. The van der Waals surface area contributed by atoms with Crippen LogP contribution in [0.5, 0.6) is 0 Å². The molecule has 5 heteroatoms. The summed E-state index contributed by atoms with van der Waals surface area (Å²) in [6.07, 6.45) is 1.01. The van der Waals surface area contributed by atoms with Gasteiger partial charge in [-0.1, -0.05) is 5.16 Å². The number of aliphatic hydroxyl groups excluding tert-OH is 1. The smallest absolute Gasteiger partial charge is 0.276 e. The number of piperidine rings is 1.